The summed E-state index contributed by atoms with van der Waals surface area (Å²) >= 11 is 6.10. The van der Waals surface area contributed by atoms with Crippen molar-refractivity contribution in [3.05, 3.63) is 136 Å². The van der Waals surface area contributed by atoms with Crippen LogP contribution in [0.15, 0.2) is 109 Å². The third kappa shape index (κ3) is 5.57. The zero-order valence-corrected chi connectivity index (χ0v) is 18.5. The molecule has 0 heterocycles. The molecule has 0 amide bonds. The first kappa shape index (κ1) is 22.1. The fourth-order valence-corrected chi connectivity index (χ4v) is 4.07. The minimum Gasteiger partial charge on any atom is -0.508 e. The molecule has 0 saturated carbocycles. The molecule has 0 aliphatic rings. The number of benzene rings is 4. The molecule has 0 fully saturated rings. The van der Waals surface area contributed by atoms with E-state index in [9.17, 15) is 5.11 Å². The Kier molecular flexibility index (Phi) is 7.57. The molecule has 162 valence electrons. The normalized spacial score (nSPS) is 12.9. The van der Waals surface area contributed by atoms with Gasteiger partial charge in [-0.3, -0.25) is 0 Å². The summed E-state index contributed by atoms with van der Waals surface area (Å²) in [6.07, 6.45) is 0. The van der Waals surface area contributed by atoms with Crippen molar-refractivity contribution in [2.45, 2.75) is 12.1 Å². The van der Waals surface area contributed by atoms with E-state index in [-0.39, 0.29) is 12.1 Å². The van der Waals surface area contributed by atoms with Crippen molar-refractivity contribution in [3.63, 3.8) is 0 Å². The van der Waals surface area contributed by atoms with Crippen molar-refractivity contribution in [2.75, 3.05) is 13.1 Å². The van der Waals surface area contributed by atoms with Crippen LogP contribution >= 0.6 is 11.6 Å². The van der Waals surface area contributed by atoms with Crippen molar-refractivity contribution in [3.8, 4) is 5.75 Å². The fraction of sp³-hybridized carbons (Fsp3) is 0.143. The van der Waals surface area contributed by atoms with Crippen LogP contribution in [-0.2, 0) is 0 Å². The van der Waals surface area contributed by atoms with Crippen LogP contribution in [-0.4, -0.2) is 18.2 Å². The lowest BCUT2D eigenvalue weighted by atomic mass is 9.97. The van der Waals surface area contributed by atoms with Gasteiger partial charge in [0.15, 0.2) is 0 Å². The Morgan fingerprint density at radius 1 is 0.562 bits per heavy atom. The number of nitrogens with one attached hydrogen (secondary N) is 2. The van der Waals surface area contributed by atoms with Crippen molar-refractivity contribution in [2.24, 2.45) is 0 Å². The molecule has 0 radical (unpaired) electrons. The van der Waals surface area contributed by atoms with Gasteiger partial charge in [0.05, 0.1) is 12.1 Å². The summed E-state index contributed by atoms with van der Waals surface area (Å²) in [6.45, 7) is 1.48. The first-order chi connectivity index (χ1) is 15.7. The Hall–Kier alpha value is -3.11. The van der Waals surface area contributed by atoms with Crippen LogP contribution in [0.3, 0.4) is 0 Å². The highest BCUT2D eigenvalue weighted by molar-refractivity contribution is 6.30. The number of halogens is 1. The van der Waals surface area contributed by atoms with E-state index < -0.39 is 0 Å². The molecule has 4 rings (SSSR count). The van der Waals surface area contributed by atoms with E-state index in [0.29, 0.717) is 5.75 Å². The smallest absolute Gasteiger partial charge is 0.120 e. The number of para-hydroxylation sites is 1. The summed E-state index contributed by atoms with van der Waals surface area (Å²) in [4.78, 5) is 0. The Labute approximate surface area is 194 Å². The van der Waals surface area contributed by atoms with Crippen molar-refractivity contribution in [1.82, 2.24) is 10.6 Å². The second kappa shape index (κ2) is 11.0. The van der Waals surface area contributed by atoms with Crippen molar-refractivity contribution in [1.29, 1.82) is 0 Å². The fourth-order valence-electron chi connectivity index (χ4n) is 3.95. The maximum atomic E-state index is 10.4. The second-order valence-corrected chi connectivity index (χ2v) is 8.14. The van der Waals surface area contributed by atoms with Gasteiger partial charge in [0.25, 0.3) is 0 Å². The summed E-state index contributed by atoms with van der Waals surface area (Å²) in [5.74, 6) is 0.296. The average Bonchev–Trinajstić information content (AvgIpc) is 2.84. The molecule has 2 unspecified atom stereocenters. The zero-order chi connectivity index (χ0) is 22.2. The van der Waals surface area contributed by atoms with Gasteiger partial charge in [0.1, 0.15) is 5.75 Å². The molecule has 3 nitrogen and oxygen atoms in total. The van der Waals surface area contributed by atoms with E-state index in [2.05, 4.69) is 59.2 Å². The lowest BCUT2D eigenvalue weighted by molar-refractivity contribution is 0.455. The summed E-state index contributed by atoms with van der Waals surface area (Å²) in [5, 5.41) is 18.5. The maximum Gasteiger partial charge on any atom is 0.120 e. The van der Waals surface area contributed by atoms with Gasteiger partial charge in [-0.25, -0.2) is 0 Å². The molecule has 4 aromatic carbocycles. The number of hydrogen-bond donors (Lipinski definition) is 3. The van der Waals surface area contributed by atoms with Crippen LogP contribution in [0.2, 0.25) is 5.02 Å². The molecule has 4 heteroatoms. The molecule has 3 N–H and O–H groups in total. The highest BCUT2D eigenvalue weighted by atomic mass is 35.5. The molecule has 0 bridgehead atoms. The number of aromatic hydroxyl groups is 1. The molecule has 4 aromatic rings. The predicted molar refractivity (Wildman–Crippen MR) is 132 cm³/mol. The van der Waals surface area contributed by atoms with E-state index in [0.717, 1.165) is 29.2 Å². The Morgan fingerprint density at radius 2 is 1.03 bits per heavy atom. The molecule has 32 heavy (non-hydrogen) atoms. The molecule has 0 aliphatic carbocycles. The summed E-state index contributed by atoms with van der Waals surface area (Å²) in [7, 11) is 0. The molecule has 0 saturated heterocycles. The molecule has 0 aromatic heterocycles. The lowest BCUT2D eigenvalue weighted by Gasteiger charge is -2.23. The molecular formula is C28H27ClN2O. The van der Waals surface area contributed by atoms with Crippen LogP contribution in [0, 0.1) is 0 Å². The van der Waals surface area contributed by atoms with Crippen LogP contribution in [0.4, 0.5) is 0 Å². The third-order valence-electron chi connectivity index (χ3n) is 5.54. The van der Waals surface area contributed by atoms with Gasteiger partial charge >= 0.3 is 0 Å². The van der Waals surface area contributed by atoms with Crippen molar-refractivity contribution >= 4 is 11.6 Å². The standard InChI is InChI=1S/C28H27ClN2O/c29-24-17-15-23(16-18-24)27(21-9-3-1-4-10-21)30-19-20-31-28(22-11-5-2-6-12-22)25-13-7-8-14-26(25)32/h1-18,27-28,30-32H,19-20H2. The topological polar surface area (TPSA) is 44.3 Å². The lowest BCUT2D eigenvalue weighted by Crippen LogP contribution is -2.33. The minimum absolute atomic E-state index is 0.0653. The van der Waals surface area contributed by atoms with Gasteiger partial charge in [-0.2, -0.15) is 0 Å². The van der Waals surface area contributed by atoms with E-state index >= 15 is 0 Å². The molecular weight excluding hydrogens is 416 g/mol. The number of phenolic OH excluding ortho intramolecular Hbond substituents is 1. The Bertz CT molecular complexity index is 1100. The molecule has 0 spiro atoms. The van der Waals surface area contributed by atoms with Gasteiger partial charge in [-0.1, -0.05) is 103 Å². The van der Waals surface area contributed by atoms with Gasteiger partial charge in [0, 0.05) is 23.7 Å². The van der Waals surface area contributed by atoms with E-state index in [1.165, 1.54) is 11.1 Å². The maximum absolute atomic E-state index is 10.4. The van der Waals surface area contributed by atoms with Gasteiger partial charge in [0.2, 0.25) is 0 Å². The average molecular weight is 443 g/mol. The van der Waals surface area contributed by atoms with E-state index in [1.807, 2.05) is 54.6 Å². The SMILES string of the molecule is Oc1ccccc1C(NCCNC(c1ccccc1)c1ccc(Cl)cc1)c1ccccc1. The molecule has 0 aliphatic heterocycles. The Morgan fingerprint density at radius 3 is 1.62 bits per heavy atom. The van der Waals surface area contributed by atoms with Gasteiger partial charge < -0.3 is 15.7 Å². The minimum atomic E-state index is -0.0927. The molecule has 2 atom stereocenters. The van der Waals surface area contributed by atoms with Crippen LogP contribution in [0.1, 0.15) is 34.3 Å². The van der Waals surface area contributed by atoms with Crippen LogP contribution in [0.5, 0.6) is 5.75 Å². The van der Waals surface area contributed by atoms with Crippen LogP contribution in [0.25, 0.3) is 0 Å². The number of hydrogen-bond acceptors (Lipinski definition) is 3. The van der Waals surface area contributed by atoms with Crippen LogP contribution < -0.4 is 10.6 Å². The van der Waals surface area contributed by atoms with Gasteiger partial charge in [-0.05, 0) is 34.9 Å². The van der Waals surface area contributed by atoms with Gasteiger partial charge in [-0.15, -0.1) is 0 Å². The highest BCUT2D eigenvalue weighted by Gasteiger charge is 2.17. The summed E-state index contributed by atoms with van der Waals surface area (Å²) in [6, 6.07) is 36.1. The van der Waals surface area contributed by atoms with E-state index in [4.69, 9.17) is 11.6 Å². The quantitative estimate of drug-likeness (QED) is 0.274. The largest absolute Gasteiger partial charge is 0.508 e. The summed E-state index contributed by atoms with van der Waals surface area (Å²) < 4.78 is 0. The number of phenols is 1. The van der Waals surface area contributed by atoms with E-state index in [1.54, 1.807) is 6.07 Å². The monoisotopic (exact) mass is 442 g/mol. The highest BCUT2D eigenvalue weighted by Crippen LogP contribution is 2.29. The zero-order valence-electron chi connectivity index (χ0n) is 17.8. The first-order valence-corrected chi connectivity index (χ1v) is 11.2. The number of rotatable bonds is 9. The Balaban J connectivity index is 1.48. The van der Waals surface area contributed by atoms with Crippen molar-refractivity contribution < 1.29 is 5.11 Å². The first-order valence-electron chi connectivity index (χ1n) is 10.8. The summed E-state index contributed by atoms with van der Waals surface area (Å²) in [5.41, 5.74) is 4.36. The second-order valence-electron chi connectivity index (χ2n) is 7.71. The third-order valence-corrected chi connectivity index (χ3v) is 5.79. The predicted octanol–water partition coefficient (Wildman–Crippen LogP) is 6.10.